The van der Waals surface area contributed by atoms with Gasteiger partial charge in [-0.3, -0.25) is 0 Å². The van der Waals surface area contributed by atoms with Gasteiger partial charge in [0, 0.05) is 12.5 Å². The zero-order valence-electron chi connectivity index (χ0n) is 11.1. The zero-order chi connectivity index (χ0) is 12.6. The molecule has 2 aliphatic rings. The van der Waals surface area contributed by atoms with Crippen molar-refractivity contribution in [2.45, 2.75) is 38.5 Å². The summed E-state index contributed by atoms with van der Waals surface area (Å²) in [6, 6.07) is 7.35. The largest absolute Gasteiger partial charge is 0.316 e. The number of hydrogen-bond donors (Lipinski definition) is 1. The Morgan fingerprint density at radius 2 is 2.11 bits per heavy atom. The van der Waals surface area contributed by atoms with Crippen LogP contribution in [0, 0.1) is 17.2 Å². The number of halogens is 1. The number of nitrogens with one attached hydrogen (secondary N) is 1. The standard InChI is InChI=1S/C16H22FN/c1-12-6-7-16(10-12)8-9-18-11-14(16)13-4-2-3-5-15(13)17/h2-5,12,14,18H,6-11H2,1H3. The highest BCUT2D eigenvalue weighted by atomic mass is 19.1. The average molecular weight is 247 g/mol. The van der Waals surface area contributed by atoms with Gasteiger partial charge in [0.25, 0.3) is 0 Å². The quantitative estimate of drug-likeness (QED) is 0.797. The van der Waals surface area contributed by atoms with Crippen molar-refractivity contribution in [1.29, 1.82) is 0 Å². The first kappa shape index (κ1) is 12.2. The Balaban J connectivity index is 1.96. The van der Waals surface area contributed by atoms with E-state index in [0.29, 0.717) is 11.3 Å². The van der Waals surface area contributed by atoms with Crippen LogP contribution >= 0.6 is 0 Å². The molecule has 0 radical (unpaired) electrons. The second kappa shape index (κ2) is 4.65. The fourth-order valence-corrected chi connectivity index (χ4v) is 4.15. The number of piperidine rings is 1. The molecule has 1 N–H and O–H groups in total. The molecule has 1 aliphatic heterocycles. The molecule has 1 aromatic rings. The molecule has 98 valence electrons. The molecule has 3 unspecified atom stereocenters. The molecule has 1 saturated carbocycles. The van der Waals surface area contributed by atoms with Crippen LogP contribution in [0.25, 0.3) is 0 Å². The van der Waals surface area contributed by atoms with Crippen LogP contribution in [0.2, 0.25) is 0 Å². The summed E-state index contributed by atoms with van der Waals surface area (Å²) >= 11 is 0. The van der Waals surface area contributed by atoms with Crippen molar-refractivity contribution in [3.63, 3.8) is 0 Å². The SMILES string of the molecule is CC1CCC2(CCNCC2c2ccccc2F)C1. The van der Waals surface area contributed by atoms with E-state index in [0.717, 1.165) is 24.6 Å². The molecule has 1 nitrogen and oxygen atoms in total. The van der Waals surface area contributed by atoms with Crippen LogP contribution in [0.5, 0.6) is 0 Å². The van der Waals surface area contributed by atoms with E-state index in [2.05, 4.69) is 12.2 Å². The predicted octanol–water partition coefficient (Wildman–Crippen LogP) is 3.71. The highest BCUT2D eigenvalue weighted by Crippen LogP contribution is 2.54. The first-order chi connectivity index (χ1) is 8.71. The summed E-state index contributed by atoms with van der Waals surface area (Å²) in [4.78, 5) is 0. The van der Waals surface area contributed by atoms with Crippen LogP contribution < -0.4 is 5.32 Å². The Hall–Kier alpha value is -0.890. The Bertz CT molecular complexity index is 427. The zero-order valence-corrected chi connectivity index (χ0v) is 11.1. The van der Waals surface area contributed by atoms with Crippen molar-refractivity contribution in [2.24, 2.45) is 11.3 Å². The molecule has 1 heterocycles. The molecule has 1 aromatic carbocycles. The van der Waals surface area contributed by atoms with Crippen molar-refractivity contribution >= 4 is 0 Å². The van der Waals surface area contributed by atoms with Gasteiger partial charge >= 0.3 is 0 Å². The van der Waals surface area contributed by atoms with Gasteiger partial charge in [-0.2, -0.15) is 0 Å². The van der Waals surface area contributed by atoms with Crippen LogP contribution in [0.4, 0.5) is 4.39 Å². The van der Waals surface area contributed by atoms with E-state index in [9.17, 15) is 4.39 Å². The predicted molar refractivity (Wildman–Crippen MR) is 72.1 cm³/mol. The highest BCUT2D eigenvalue weighted by Gasteiger charge is 2.46. The molecule has 18 heavy (non-hydrogen) atoms. The third-order valence-corrected chi connectivity index (χ3v) is 5.06. The van der Waals surface area contributed by atoms with Gasteiger partial charge in [0.05, 0.1) is 0 Å². The summed E-state index contributed by atoms with van der Waals surface area (Å²) in [5.41, 5.74) is 1.28. The van der Waals surface area contributed by atoms with Gasteiger partial charge in [-0.1, -0.05) is 31.5 Å². The maximum Gasteiger partial charge on any atom is 0.126 e. The summed E-state index contributed by atoms with van der Waals surface area (Å²) in [5, 5.41) is 3.46. The highest BCUT2D eigenvalue weighted by molar-refractivity contribution is 5.26. The summed E-state index contributed by atoms with van der Waals surface area (Å²) in [5.74, 6) is 1.14. The summed E-state index contributed by atoms with van der Waals surface area (Å²) < 4.78 is 14.1. The van der Waals surface area contributed by atoms with Crippen LogP contribution in [0.3, 0.4) is 0 Å². The van der Waals surface area contributed by atoms with Gasteiger partial charge < -0.3 is 5.32 Å². The lowest BCUT2D eigenvalue weighted by Crippen LogP contribution is -2.42. The second-order valence-electron chi connectivity index (χ2n) is 6.24. The molecule has 2 heteroatoms. The smallest absolute Gasteiger partial charge is 0.126 e. The van der Waals surface area contributed by atoms with Crippen LogP contribution in [-0.2, 0) is 0 Å². The van der Waals surface area contributed by atoms with Crippen molar-refractivity contribution < 1.29 is 4.39 Å². The molecule has 3 rings (SSSR count). The molecule has 1 saturated heterocycles. The molecular formula is C16H22FN. The lowest BCUT2D eigenvalue weighted by atomic mass is 9.66. The van der Waals surface area contributed by atoms with Crippen molar-refractivity contribution in [1.82, 2.24) is 5.32 Å². The maximum atomic E-state index is 14.1. The van der Waals surface area contributed by atoms with E-state index in [4.69, 9.17) is 0 Å². The summed E-state index contributed by atoms with van der Waals surface area (Å²) in [7, 11) is 0. The normalized spacial score (nSPS) is 36.1. The summed E-state index contributed by atoms with van der Waals surface area (Å²) in [6.07, 6.45) is 5.06. The minimum atomic E-state index is -0.0230. The molecule has 1 aliphatic carbocycles. The molecular weight excluding hydrogens is 225 g/mol. The first-order valence-corrected chi connectivity index (χ1v) is 7.16. The van der Waals surface area contributed by atoms with E-state index in [1.54, 1.807) is 12.1 Å². The van der Waals surface area contributed by atoms with Crippen LogP contribution in [-0.4, -0.2) is 13.1 Å². The Kier molecular flexibility index (Phi) is 3.14. The molecule has 0 amide bonds. The maximum absolute atomic E-state index is 14.1. The van der Waals surface area contributed by atoms with Crippen molar-refractivity contribution in [3.05, 3.63) is 35.6 Å². The molecule has 2 fully saturated rings. The van der Waals surface area contributed by atoms with E-state index in [1.165, 1.54) is 25.7 Å². The number of hydrogen-bond acceptors (Lipinski definition) is 1. The molecule has 3 atom stereocenters. The van der Waals surface area contributed by atoms with Gasteiger partial charge in [0.1, 0.15) is 5.82 Å². The van der Waals surface area contributed by atoms with Gasteiger partial charge in [0.15, 0.2) is 0 Å². The van der Waals surface area contributed by atoms with Crippen LogP contribution in [0.1, 0.15) is 44.1 Å². The van der Waals surface area contributed by atoms with Gasteiger partial charge in [-0.25, -0.2) is 4.39 Å². The van der Waals surface area contributed by atoms with Crippen molar-refractivity contribution in [3.8, 4) is 0 Å². The second-order valence-corrected chi connectivity index (χ2v) is 6.24. The Morgan fingerprint density at radius 3 is 2.83 bits per heavy atom. The van der Waals surface area contributed by atoms with E-state index in [1.807, 2.05) is 12.1 Å². The average Bonchev–Trinajstić information content (AvgIpc) is 2.73. The minimum Gasteiger partial charge on any atom is -0.316 e. The number of benzene rings is 1. The molecule has 0 bridgehead atoms. The fraction of sp³-hybridized carbons (Fsp3) is 0.625. The van der Waals surface area contributed by atoms with Gasteiger partial charge in [-0.05, 0) is 48.8 Å². The Morgan fingerprint density at radius 1 is 1.28 bits per heavy atom. The van der Waals surface area contributed by atoms with E-state index >= 15 is 0 Å². The van der Waals surface area contributed by atoms with E-state index < -0.39 is 0 Å². The van der Waals surface area contributed by atoms with Gasteiger partial charge in [0.2, 0.25) is 0 Å². The molecule has 0 aromatic heterocycles. The minimum absolute atomic E-state index is 0.0230. The fourth-order valence-electron chi connectivity index (χ4n) is 4.15. The number of rotatable bonds is 1. The topological polar surface area (TPSA) is 12.0 Å². The third kappa shape index (κ3) is 1.97. The van der Waals surface area contributed by atoms with Crippen LogP contribution in [0.15, 0.2) is 24.3 Å². The Labute approximate surface area is 109 Å². The third-order valence-electron chi connectivity index (χ3n) is 5.06. The lowest BCUT2D eigenvalue weighted by Gasteiger charge is -2.42. The first-order valence-electron chi connectivity index (χ1n) is 7.16. The molecule has 1 spiro atoms. The van der Waals surface area contributed by atoms with Crippen molar-refractivity contribution in [2.75, 3.05) is 13.1 Å². The summed E-state index contributed by atoms with van der Waals surface area (Å²) in [6.45, 7) is 4.38. The van der Waals surface area contributed by atoms with Gasteiger partial charge in [-0.15, -0.1) is 0 Å². The van der Waals surface area contributed by atoms with E-state index in [-0.39, 0.29) is 5.82 Å². The lowest BCUT2D eigenvalue weighted by molar-refractivity contribution is 0.161. The monoisotopic (exact) mass is 247 g/mol.